The van der Waals surface area contributed by atoms with Crippen molar-refractivity contribution in [3.63, 3.8) is 0 Å². The summed E-state index contributed by atoms with van der Waals surface area (Å²) in [5.74, 6) is 2.00. The Hall–Kier alpha value is -1.16. The van der Waals surface area contributed by atoms with Gasteiger partial charge in [0.15, 0.2) is 11.7 Å². The number of rotatable bonds is 7. The molecule has 6 nitrogen and oxygen atoms in total. The maximum absolute atomic E-state index is 5.44. The minimum atomic E-state index is 0. The van der Waals surface area contributed by atoms with Crippen molar-refractivity contribution in [2.75, 3.05) is 7.05 Å². The normalized spacial score (nSPS) is 12.2. The number of hydrogen-bond donors (Lipinski definition) is 2. The molecule has 0 aliphatic carbocycles. The van der Waals surface area contributed by atoms with Crippen molar-refractivity contribution in [1.82, 2.24) is 20.8 Å². The fourth-order valence-electron chi connectivity index (χ4n) is 2.60. The molecule has 0 aliphatic heterocycles. The van der Waals surface area contributed by atoms with E-state index in [1.807, 2.05) is 6.07 Å². The lowest BCUT2D eigenvalue weighted by Gasteiger charge is -2.14. The molecular weight excluding hydrogens is 473 g/mol. The Balaban J connectivity index is 0.00000364. The standard InChI is InChI=1S/C19H31N5OS.HI/c1-7-13(8-2)15-9-14(25-24-15)10-21-18(20-6)22-11-17-23-16(12-26-17)19(3,4)5;/h9,12-13H,7-8,10-11H2,1-6H3,(H2,20,21,22);1H. The molecule has 0 saturated carbocycles. The van der Waals surface area contributed by atoms with Gasteiger partial charge in [0.05, 0.1) is 24.5 Å². The maximum Gasteiger partial charge on any atom is 0.191 e. The molecule has 0 amide bonds. The molecule has 0 bridgehead atoms. The fraction of sp³-hybridized carbons (Fsp3) is 0.632. The van der Waals surface area contributed by atoms with E-state index in [1.165, 1.54) is 0 Å². The van der Waals surface area contributed by atoms with E-state index in [0.717, 1.165) is 41.0 Å². The van der Waals surface area contributed by atoms with Crippen LogP contribution in [0.3, 0.4) is 0 Å². The highest BCUT2D eigenvalue weighted by Crippen LogP contribution is 2.24. The molecule has 0 atom stereocenters. The van der Waals surface area contributed by atoms with Gasteiger partial charge in [0.1, 0.15) is 5.01 Å². The summed E-state index contributed by atoms with van der Waals surface area (Å²) in [6.07, 6.45) is 2.15. The molecule has 27 heavy (non-hydrogen) atoms. The molecule has 0 spiro atoms. The molecule has 0 fully saturated rings. The van der Waals surface area contributed by atoms with Gasteiger partial charge in [-0.15, -0.1) is 35.3 Å². The average Bonchev–Trinajstić information content (AvgIpc) is 3.25. The van der Waals surface area contributed by atoms with E-state index in [0.29, 0.717) is 19.0 Å². The predicted octanol–water partition coefficient (Wildman–Crippen LogP) is 4.82. The van der Waals surface area contributed by atoms with Crippen LogP contribution in [0.15, 0.2) is 21.0 Å². The molecule has 152 valence electrons. The van der Waals surface area contributed by atoms with Crippen LogP contribution in [0.5, 0.6) is 0 Å². The Kier molecular flexibility index (Phi) is 9.72. The second kappa shape index (κ2) is 11.0. The van der Waals surface area contributed by atoms with Crippen LogP contribution in [0.2, 0.25) is 0 Å². The number of aromatic nitrogens is 2. The van der Waals surface area contributed by atoms with Gasteiger partial charge in [0.2, 0.25) is 0 Å². The van der Waals surface area contributed by atoms with Gasteiger partial charge in [-0.3, -0.25) is 4.99 Å². The quantitative estimate of drug-likeness (QED) is 0.321. The van der Waals surface area contributed by atoms with Gasteiger partial charge >= 0.3 is 0 Å². The molecule has 2 N–H and O–H groups in total. The smallest absolute Gasteiger partial charge is 0.191 e. The molecule has 0 unspecified atom stereocenters. The average molecular weight is 505 g/mol. The second-order valence-electron chi connectivity index (χ2n) is 7.39. The van der Waals surface area contributed by atoms with Crippen LogP contribution in [-0.2, 0) is 18.5 Å². The van der Waals surface area contributed by atoms with Crippen LogP contribution in [0, 0.1) is 0 Å². The summed E-state index contributed by atoms with van der Waals surface area (Å²) in [6.45, 7) is 12.1. The monoisotopic (exact) mass is 505 g/mol. The van der Waals surface area contributed by atoms with Crippen LogP contribution >= 0.6 is 35.3 Å². The zero-order valence-electron chi connectivity index (χ0n) is 17.1. The van der Waals surface area contributed by atoms with E-state index in [9.17, 15) is 0 Å². The molecule has 2 rings (SSSR count). The van der Waals surface area contributed by atoms with E-state index in [4.69, 9.17) is 9.51 Å². The molecule has 8 heteroatoms. The predicted molar refractivity (Wildman–Crippen MR) is 123 cm³/mol. The first kappa shape index (κ1) is 23.9. The van der Waals surface area contributed by atoms with Gasteiger partial charge in [0, 0.05) is 29.8 Å². The van der Waals surface area contributed by atoms with Crippen molar-refractivity contribution in [2.24, 2.45) is 4.99 Å². The first-order valence-electron chi connectivity index (χ1n) is 9.22. The third-order valence-corrected chi connectivity index (χ3v) is 5.21. The molecule has 2 aromatic rings. The first-order valence-corrected chi connectivity index (χ1v) is 10.1. The van der Waals surface area contributed by atoms with E-state index in [-0.39, 0.29) is 29.4 Å². The van der Waals surface area contributed by atoms with Crippen LogP contribution in [-0.4, -0.2) is 23.1 Å². The summed E-state index contributed by atoms with van der Waals surface area (Å²) in [6, 6.07) is 2.04. The van der Waals surface area contributed by atoms with E-state index >= 15 is 0 Å². The lowest BCUT2D eigenvalue weighted by molar-refractivity contribution is 0.368. The molecule has 0 saturated heterocycles. The van der Waals surface area contributed by atoms with E-state index < -0.39 is 0 Å². The van der Waals surface area contributed by atoms with Crippen molar-refractivity contribution in [3.8, 4) is 0 Å². The van der Waals surface area contributed by atoms with E-state index in [1.54, 1.807) is 18.4 Å². The summed E-state index contributed by atoms with van der Waals surface area (Å²) in [5, 5.41) is 13.9. The Morgan fingerprint density at radius 3 is 2.44 bits per heavy atom. The largest absolute Gasteiger partial charge is 0.359 e. The van der Waals surface area contributed by atoms with Crippen LogP contribution in [0.25, 0.3) is 0 Å². The number of nitrogens with zero attached hydrogens (tertiary/aromatic N) is 3. The SMILES string of the molecule is CCC(CC)c1cc(CNC(=NC)NCc2nc(C(C)(C)C)cs2)on1.I. The summed E-state index contributed by atoms with van der Waals surface area (Å²) in [7, 11) is 1.76. The minimum Gasteiger partial charge on any atom is -0.359 e. The van der Waals surface area contributed by atoms with Gasteiger partial charge < -0.3 is 15.2 Å². The zero-order chi connectivity index (χ0) is 19.2. The lowest BCUT2D eigenvalue weighted by atomic mass is 9.93. The summed E-state index contributed by atoms with van der Waals surface area (Å²) in [5.41, 5.74) is 2.23. The number of guanidine groups is 1. The molecule has 2 aromatic heterocycles. The highest BCUT2D eigenvalue weighted by Gasteiger charge is 2.17. The summed E-state index contributed by atoms with van der Waals surface area (Å²) in [4.78, 5) is 8.95. The van der Waals surface area contributed by atoms with Gasteiger partial charge in [-0.25, -0.2) is 4.98 Å². The minimum absolute atomic E-state index is 0. The zero-order valence-corrected chi connectivity index (χ0v) is 20.3. The van der Waals surface area contributed by atoms with Crippen molar-refractivity contribution in [3.05, 3.63) is 33.6 Å². The third kappa shape index (κ3) is 7.06. The second-order valence-corrected chi connectivity index (χ2v) is 8.33. The third-order valence-electron chi connectivity index (χ3n) is 4.36. The van der Waals surface area contributed by atoms with E-state index in [2.05, 4.69) is 60.8 Å². The number of aliphatic imine (C=N–C) groups is 1. The van der Waals surface area contributed by atoms with Gasteiger partial charge in [-0.2, -0.15) is 0 Å². The van der Waals surface area contributed by atoms with Crippen molar-refractivity contribution >= 4 is 41.3 Å². The Bertz CT molecular complexity index is 716. The highest BCUT2D eigenvalue weighted by atomic mass is 127. The molecule has 0 radical (unpaired) electrons. The fourth-order valence-corrected chi connectivity index (χ4v) is 3.56. The van der Waals surface area contributed by atoms with Crippen molar-refractivity contribution in [2.45, 2.75) is 71.9 Å². The summed E-state index contributed by atoms with van der Waals surface area (Å²) >= 11 is 1.67. The van der Waals surface area contributed by atoms with Crippen LogP contribution < -0.4 is 10.6 Å². The maximum atomic E-state index is 5.44. The number of halogens is 1. The van der Waals surface area contributed by atoms with Crippen LogP contribution in [0.4, 0.5) is 0 Å². The Labute approximate surface area is 183 Å². The highest BCUT2D eigenvalue weighted by molar-refractivity contribution is 14.0. The van der Waals surface area contributed by atoms with Gasteiger partial charge in [0.25, 0.3) is 0 Å². The number of thiazole rings is 1. The van der Waals surface area contributed by atoms with Gasteiger partial charge in [-0.1, -0.05) is 39.8 Å². The van der Waals surface area contributed by atoms with Gasteiger partial charge in [-0.05, 0) is 12.8 Å². The van der Waals surface area contributed by atoms with Crippen molar-refractivity contribution < 1.29 is 4.52 Å². The van der Waals surface area contributed by atoms with Crippen molar-refractivity contribution in [1.29, 1.82) is 0 Å². The Morgan fingerprint density at radius 1 is 1.22 bits per heavy atom. The molecule has 2 heterocycles. The summed E-state index contributed by atoms with van der Waals surface area (Å²) < 4.78 is 5.44. The topological polar surface area (TPSA) is 75.3 Å². The molecule has 0 aromatic carbocycles. The molecular formula is C19H32IN5OS. The lowest BCUT2D eigenvalue weighted by Crippen LogP contribution is -2.36. The number of nitrogens with one attached hydrogen (secondary N) is 2. The first-order chi connectivity index (χ1) is 12.4. The number of hydrogen-bond acceptors (Lipinski definition) is 5. The molecule has 0 aliphatic rings. The van der Waals surface area contributed by atoms with Crippen LogP contribution in [0.1, 0.15) is 75.5 Å². The Morgan fingerprint density at radius 2 is 1.89 bits per heavy atom.